The van der Waals surface area contributed by atoms with Crippen LogP contribution in [0.25, 0.3) is 0 Å². The van der Waals surface area contributed by atoms with Gasteiger partial charge in [-0.15, -0.1) is 0 Å². The van der Waals surface area contributed by atoms with Crippen molar-refractivity contribution >= 4 is 17.5 Å². The van der Waals surface area contributed by atoms with Gasteiger partial charge in [-0.3, -0.25) is 9.59 Å². The zero-order chi connectivity index (χ0) is 17.0. The third kappa shape index (κ3) is 1.97. The quantitative estimate of drug-likeness (QED) is 0.867. The first-order chi connectivity index (χ1) is 12.2. The highest BCUT2D eigenvalue weighted by atomic mass is 16.7. The molecule has 0 saturated carbocycles. The van der Waals surface area contributed by atoms with Crippen LogP contribution in [0.5, 0.6) is 11.5 Å². The smallest absolute Gasteiger partial charge is 0.254 e. The van der Waals surface area contributed by atoms with Crippen molar-refractivity contribution in [3.8, 4) is 11.5 Å². The van der Waals surface area contributed by atoms with Gasteiger partial charge in [0.05, 0.1) is 0 Å². The number of carbonyl (C=O) groups is 2. The van der Waals surface area contributed by atoms with Gasteiger partial charge in [0, 0.05) is 24.2 Å². The fourth-order valence-electron chi connectivity index (χ4n) is 3.83. The molecule has 1 atom stereocenters. The van der Waals surface area contributed by atoms with Gasteiger partial charge in [-0.25, -0.2) is 0 Å². The number of para-hydroxylation sites is 1. The lowest BCUT2D eigenvalue weighted by Gasteiger charge is -2.53. The predicted octanol–water partition coefficient (Wildman–Crippen LogP) is 2.19. The van der Waals surface area contributed by atoms with Gasteiger partial charge in [-0.2, -0.15) is 0 Å². The van der Waals surface area contributed by atoms with Crippen LogP contribution in [0.3, 0.4) is 0 Å². The molecule has 5 rings (SSSR count). The fraction of sp³-hybridized carbons (Fsp3) is 0.263. The highest BCUT2D eigenvalue weighted by Crippen LogP contribution is 2.42. The van der Waals surface area contributed by atoms with Crippen LogP contribution in [-0.2, 0) is 11.2 Å². The summed E-state index contributed by atoms with van der Waals surface area (Å²) in [5.74, 6) is 0.948. The topological polar surface area (TPSA) is 67.9 Å². The van der Waals surface area contributed by atoms with E-state index in [0.29, 0.717) is 36.4 Å². The molecule has 1 N–H and O–H groups in total. The molecule has 25 heavy (non-hydrogen) atoms. The van der Waals surface area contributed by atoms with Crippen molar-refractivity contribution in [2.24, 2.45) is 0 Å². The SMILES string of the molecule is O=C(c1ccc2c(c1)OCO2)N1CCC12Cc1ccccc1NC2=O. The fourth-order valence-corrected chi connectivity index (χ4v) is 3.83. The van der Waals surface area contributed by atoms with E-state index in [4.69, 9.17) is 9.47 Å². The van der Waals surface area contributed by atoms with Gasteiger partial charge in [0.15, 0.2) is 11.5 Å². The number of fused-ring (bicyclic) bond motifs is 2. The molecule has 2 aromatic rings. The molecule has 3 aliphatic rings. The molecule has 1 spiro atoms. The molecule has 6 nitrogen and oxygen atoms in total. The highest BCUT2D eigenvalue weighted by Gasteiger charge is 2.55. The Hall–Kier alpha value is -3.02. The number of hydrogen-bond acceptors (Lipinski definition) is 4. The molecule has 0 radical (unpaired) electrons. The largest absolute Gasteiger partial charge is 0.454 e. The van der Waals surface area contributed by atoms with E-state index in [1.807, 2.05) is 24.3 Å². The number of benzene rings is 2. The number of nitrogens with one attached hydrogen (secondary N) is 1. The number of amides is 2. The van der Waals surface area contributed by atoms with E-state index in [-0.39, 0.29) is 18.6 Å². The van der Waals surface area contributed by atoms with Crippen molar-refractivity contribution in [1.82, 2.24) is 4.90 Å². The average molecular weight is 336 g/mol. The van der Waals surface area contributed by atoms with E-state index in [1.165, 1.54) is 0 Å². The molecule has 1 unspecified atom stereocenters. The minimum Gasteiger partial charge on any atom is -0.454 e. The van der Waals surface area contributed by atoms with Crippen LogP contribution in [-0.4, -0.2) is 35.6 Å². The summed E-state index contributed by atoms with van der Waals surface area (Å²) in [6, 6.07) is 12.9. The number of anilines is 1. The molecule has 3 aliphatic heterocycles. The lowest BCUT2D eigenvalue weighted by Crippen LogP contribution is -2.70. The maximum absolute atomic E-state index is 13.0. The van der Waals surface area contributed by atoms with Crippen LogP contribution >= 0.6 is 0 Å². The Kier molecular flexibility index (Phi) is 2.86. The van der Waals surface area contributed by atoms with Gasteiger partial charge in [-0.1, -0.05) is 18.2 Å². The van der Waals surface area contributed by atoms with Crippen LogP contribution in [0.4, 0.5) is 5.69 Å². The summed E-state index contributed by atoms with van der Waals surface area (Å²) in [5.41, 5.74) is 1.61. The first-order valence-electron chi connectivity index (χ1n) is 8.28. The Balaban J connectivity index is 1.47. The number of likely N-dealkylation sites (tertiary alicyclic amines) is 1. The van der Waals surface area contributed by atoms with E-state index in [1.54, 1.807) is 23.1 Å². The normalized spacial score (nSPS) is 23.0. The molecule has 0 bridgehead atoms. The van der Waals surface area contributed by atoms with E-state index in [2.05, 4.69) is 5.32 Å². The van der Waals surface area contributed by atoms with Crippen LogP contribution in [0.15, 0.2) is 42.5 Å². The molecule has 126 valence electrons. The number of hydrogen-bond donors (Lipinski definition) is 1. The maximum atomic E-state index is 13.0. The van der Waals surface area contributed by atoms with Gasteiger partial charge >= 0.3 is 0 Å². The number of ether oxygens (including phenoxy) is 2. The Morgan fingerprint density at radius 2 is 1.96 bits per heavy atom. The van der Waals surface area contributed by atoms with E-state index < -0.39 is 5.54 Å². The monoisotopic (exact) mass is 336 g/mol. The summed E-state index contributed by atoms with van der Waals surface area (Å²) in [6.07, 6.45) is 1.22. The number of rotatable bonds is 1. The van der Waals surface area contributed by atoms with Crippen LogP contribution < -0.4 is 14.8 Å². The Morgan fingerprint density at radius 3 is 2.80 bits per heavy atom. The summed E-state index contributed by atoms with van der Waals surface area (Å²) in [5, 5.41) is 2.95. The van der Waals surface area contributed by atoms with E-state index in [0.717, 1.165) is 11.3 Å². The first kappa shape index (κ1) is 14.3. The van der Waals surface area contributed by atoms with Crippen molar-refractivity contribution < 1.29 is 19.1 Å². The molecule has 6 heteroatoms. The third-order valence-electron chi connectivity index (χ3n) is 5.30. The standard InChI is InChI=1S/C19H16N2O4/c22-17(12-5-6-15-16(9-12)25-11-24-15)21-8-7-19(21)10-13-3-1-2-4-14(13)20-18(19)23/h1-6,9H,7-8,10-11H2,(H,20,23). The van der Waals surface area contributed by atoms with Crippen molar-refractivity contribution in [3.05, 3.63) is 53.6 Å². The van der Waals surface area contributed by atoms with Gasteiger partial charge in [0.2, 0.25) is 6.79 Å². The van der Waals surface area contributed by atoms with Crippen molar-refractivity contribution in [1.29, 1.82) is 0 Å². The molecule has 0 aliphatic carbocycles. The molecule has 1 fully saturated rings. The molecular weight excluding hydrogens is 320 g/mol. The lowest BCUT2D eigenvalue weighted by molar-refractivity contribution is -0.134. The van der Waals surface area contributed by atoms with Gasteiger partial charge in [0.25, 0.3) is 11.8 Å². The van der Waals surface area contributed by atoms with Gasteiger partial charge < -0.3 is 19.7 Å². The summed E-state index contributed by atoms with van der Waals surface area (Å²) in [6.45, 7) is 0.739. The Morgan fingerprint density at radius 1 is 1.12 bits per heavy atom. The maximum Gasteiger partial charge on any atom is 0.254 e. The van der Waals surface area contributed by atoms with Crippen LogP contribution in [0.2, 0.25) is 0 Å². The summed E-state index contributed by atoms with van der Waals surface area (Å²) >= 11 is 0. The lowest BCUT2D eigenvalue weighted by atomic mass is 9.75. The van der Waals surface area contributed by atoms with Gasteiger partial charge in [0.1, 0.15) is 5.54 Å². The zero-order valence-electron chi connectivity index (χ0n) is 13.5. The minimum absolute atomic E-state index is 0.105. The zero-order valence-corrected chi connectivity index (χ0v) is 13.5. The number of carbonyl (C=O) groups excluding carboxylic acids is 2. The second-order valence-electron chi connectivity index (χ2n) is 6.59. The summed E-state index contributed by atoms with van der Waals surface area (Å²) in [4.78, 5) is 27.4. The molecule has 2 aromatic carbocycles. The van der Waals surface area contributed by atoms with Crippen molar-refractivity contribution in [3.63, 3.8) is 0 Å². The van der Waals surface area contributed by atoms with E-state index in [9.17, 15) is 9.59 Å². The highest BCUT2D eigenvalue weighted by molar-refractivity contribution is 6.07. The predicted molar refractivity (Wildman–Crippen MR) is 89.7 cm³/mol. The van der Waals surface area contributed by atoms with Gasteiger partial charge in [-0.05, 0) is 36.2 Å². The summed E-state index contributed by atoms with van der Waals surface area (Å²) in [7, 11) is 0. The van der Waals surface area contributed by atoms with Crippen molar-refractivity contribution in [2.45, 2.75) is 18.4 Å². The molecular formula is C19H16N2O4. The number of nitrogens with zero attached hydrogens (tertiary/aromatic N) is 1. The molecule has 0 aromatic heterocycles. The van der Waals surface area contributed by atoms with Crippen LogP contribution in [0.1, 0.15) is 22.3 Å². The van der Waals surface area contributed by atoms with Crippen LogP contribution in [0, 0.1) is 0 Å². The molecule has 1 saturated heterocycles. The Bertz CT molecular complexity index is 910. The average Bonchev–Trinajstić information content (AvgIpc) is 3.07. The third-order valence-corrected chi connectivity index (χ3v) is 5.30. The second kappa shape index (κ2) is 4.99. The van der Waals surface area contributed by atoms with E-state index >= 15 is 0 Å². The second-order valence-corrected chi connectivity index (χ2v) is 6.59. The first-order valence-corrected chi connectivity index (χ1v) is 8.28. The minimum atomic E-state index is -0.790. The van der Waals surface area contributed by atoms with Crippen molar-refractivity contribution in [2.75, 3.05) is 18.7 Å². The molecule has 2 amide bonds. The molecule has 3 heterocycles. The Labute approximate surface area is 144 Å². The summed E-state index contributed by atoms with van der Waals surface area (Å²) < 4.78 is 10.6.